The number of H-pyrrole nitrogens is 1. The number of benzene rings is 1. The molecule has 1 aromatic carbocycles. The van der Waals surface area contributed by atoms with Crippen LogP contribution in [0, 0.1) is 0 Å². The minimum atomic E-state index is -0.357. The van der Waals surface area contributed by atoms with Gasteiger partial charge in [-0.15, -0.1) is 0 Å². The van der Waals surface area contributed by atoms with E-state index in [9.17, 15) is 4.79 Å². The molecule has 5 nitrogen and oxygen atoms in total. The summed E-state index contributed by atoms with van der Waals surface area (Å²) in [6.45, 7) is 5.83. The topological polar surface area (TPSA) is 70.1 Å². The number of halogens is 1. The smallest absolute Gasteiger partial charge is 0.282 e. The van der Waals surface area contributed by atoms with Crippen LogP contribution < -0.4 is 5.43 Å². The molecule has 0 spiro atoms. The van der Waals surface area contributed by atoms with Gasteiger partial charge in [0.25, 0.3) is 5.91 Å². The number of nitrogens with one attached hydrogen (secondary N) is 2. The van der Waals surface area contributed by atoms with Gasteiger partial charge in [-0.3, -0.25) is 9.89 Å². The maximum atomic E-state index is 12.0. The van der Waals surface area contributed by atoms with Gasteiger partial charge < -0.3 is 0 Å². The Morgan fingerprint density at radius 2 is 2.10 bits per heavy atom. The highest BCUT2D eigenvalue weighted by molar-refractivity contribution is 6.34. The molecule has 0 saturated heterocycles. The number of carbonyl (C=O) groups excluding carboxylic acids is 1. The Morgan fingerprint density at radius 1 is 1.38 bits per heavy atom. The Kier molecular flexibility index (Phi) is 4.75. The first-order valence-corrected chi connectivity index (χ1v) is 7.01. The summed E-state index contributed by atoms with van der Waals surface area (Å²) >= 11 is 6.08. The van der Waals surface area contributed by atoms with Gasteiger partial charge in [0.1, 0.15) is 0 Å². The van der Waals surface area contributed by atoms with Crippen molar-refractivity contribution in [1.82, 2.24) is 15.6 Å². The van der Waals surface area contributed by atoms with Gasteiger partial charge in [0, 0.05) is 16.3 Å². The quantitative estimate of drug-likeness (QED) is 0.672. The summed E-state index contributed by atoms with van der Waals surface area (Å²) in [5, 5.41) is 11.5. The first-order chi connectivity index (χ1) is 9.99. The Morgan fingerprint density at radius 3 is 2.71 bits per heavy atom. The number of hydrazone groups is 1. The molecule has 0 atom stereocenters. The highest BCUT2D eigenvalue weighted by atomic mass is 35.5. The van der Waals surface area contributed by atoms with Gasteiger partial charge in [0.15, 0.2) is 5.69 Å². The van der Waals surface area contributed by atoms with E-state index < -0.39 is 0 Å². The van der Waals surface area contributed by atoms with Crippen molar-refractivity contribution in [2.24, 2.45) is 5.10 Å². The molecule has 2 N–H and O–H groups in total. The van der Waals surface area contributed by atoms with Gasteiger partial charge in [-0.05, 0) is 25.0 Å². The first-order valence-electron chi connectivity index (χ1n) is 6.64. The second-order valence-electron chi connectivity index (χ2n) is 4.98. The predicted molar refractivity (Wildman–Crippen MR) is 83.8 cm³/mol. The Balaban J connectivity index is 2.09. The van der Waals surface area contributed by atoms with Crippen molar-refractivity contribution in [3.05, 3.63) is 52.3 Å². The van der Waals surface area contributed by atoms with Crippen LogP contribution in [0.15, 0.2) is 35.4 Å². The largest absolute Gasteiger partial charge is 0.291 e. The zero-order valence-electron chi connectivity index (χ0n) is 12.1. The molecule has 0 aliphatic heterocycles. The number of amides is 1. The number of hydrogen-bond acceptors (Lipinski definition) is 3. The van der Waals surface area contributed by atoms with E-state index in [1.54, 1.807) is 19.1 Å². The molecule has 0 aliphatic carbocycles. The van der Waals surface area contributed by atoms with Gasteiger partial charge >= 0.3 is 0 Å². The number of nitrogens with zero attached hydrogens (tertiary/aromatic N) is 2. The summed E-state index contributed by atoms with van der Waals surface area (Å²) in [5.41, 5.74) is 5.12. The van der Waals surface area contributed by atoms with Crippen LogP contribution in [0.5, 0.6) is 0 Å². The molecule has 1 amide bonds. The minimum Gasteiger partial charge on any atom is -0.282 e. The summed E-state index contributed by atoms with van der Waals surface area (Å²) < 4.78 is 0. The van der Waals surface area contributed by atoms with E-state index in [1.165, 1.54) is 0 Å². The molecule has 0 unspecified atom stereocenters. The summed E-state index contributed by atoms with van der Waals surface area (Å²) in [6, 6.07) is 9.05. The lowest BCUT2D eigenvalue weighted by atomic mass is 10.1. The van der Waals surface area contributed by atoms with Crippen LogP contribution in [0.1, 0.15) is 48.4 Å². The number of carbonyl (C=O) groups is 1. The van der Waals surface area contributed by atoms with Crippen molar-refractivity contribution >= 4 is 23.2 Å². The van der Waals surface area contributed by atoms with Crippen LogP contribution in [0.25, 0.3) is 0 Å². The molecule has 0 fully saturated rings. The van der Waals surface area contributed by atoms with Crippen molar-refractivity contribution in [2.45, 2.75) is 26.7 Å². The van der Waals surface area contributed by atoms with E-state index >= 15 is 0 Å². The fraction of sp³-hybridized carbons (Fsp3) is 0.267. The minimum absolute atomic E-state index is 0.285. The lowest BCUT2D eigenvalue weighted by Gasteiger charge is -2.03. The monoisotopic (exact) mass is 304 g/mol. The molecular formula is C15H17ClN4O. The maximum absolute atomic E-state index is 12.0. The van der Waals surface area contributed by atoms with E-state index in [2.05, 4.69) is 20.7 Å². The highest BCUT2D eigenvalue weighted by Crippen LogP contribution is 2.15. The van der Waals surface area contributed by atoms with Crippen molar-refractivity contribution in [3.63, 3.8) is 0 Å². The molecule has 110 valence electrons. The van der Waals surface area contributed by atoms with Crippen LogP contribution >= 0.6 is 11.6 Å². The molecule has 1 heterocycles. The second-order valence-corrected chi connectivity index (χ2v) is 5.39. The third-order valence-corrected chi connectivity index (χ3v) is 3.37. The number of hydrogen-bond donors (Lipinski definition) is 2. The van der Waals surface area contributed by atoms with Gasteiger partial charge in [-0.1, -0.05) is 43.6 Å². The van der Waals surface area contributed by atoms with Crippen LogP contribution in [0.2, 0.25) is 5.02 Å². The lowest BCUT2D eigenvalue weighted by Crippen LogP contribution is -2.19. The first kappa shape index (κ1) is 15.3. The average molecular weight is 305 g/mol. The van der Waals surface area contributed by atoms with Crippen molar-refractivity contribution in [2.75, 3.05) is 0 Å². The highest BCUT2D eigenvalue weighted by Gasteiger charge is 2.12. The zero-order valence-corrected chi connectivity index (χ0v) is 12.9. The van der Waals surface area contributed by atoms with Crippen LogP contribution in [0.3, 0.4) is 0 Å². The van der Waals surface area contributed by atoms with Crippen LogP contribution in [0.4, 0.5) is 0 Å². The van der Waals surface area contributed by atoms with Crippen LogP contribution in [-0.4, -0.2) is 21.8 Å². The lowest BCUT2D eigenvalue weighted by molar-refractivity contribution is 0.0950. The summed E-state index contributed by atoms with van der Waals surface area (Å²) in [7, 11) is 0. The van der Waals surface area contributed by atoms with E-state index in [-0.39, 0.29) is 11.8 Å². The molecular weight excluding hydrogens is 288 g/mol. The second kappa shape index (κ2) is 6.54. The molecule has 6 heteroatoms. The molecule has 2 rings (SSSR count). The Hall–Kier alpha value is -2.14. The summed E-state index contributed by atoms with van der Waals surface area (Å²) in [6.07, 6.45) is 0. The molecule has 0 radical (unpaired) electrons. The third-order valence-electron chi connectivity index (χ3n) is 3.04. The SMILES string of the molecule is C/C(=N/NC(=O)c1cc(C(C)C)[nH]n1)c1ccccc1Cl. The number of aromatic amines is 1. The third kappa shape index (κ3) is 3.70. The van der Waals surface area contributed by atoms with Crippen molar-refractivity contribution in [1.29, 1.82) is 0 Å². The zero-order chi connectivity index (χ0) is 15.4. The summed E-state index contributed by atoms with van der Waals surface area (Å²) in [5.74, 6) is -0.0723. The molecule has 21 heavy (non-hydrogen) atoms. The standard InChI is InChI=1S/C15H17ClN4O/c1-9(2)13-8-14(19-18-13)15(21)20-17-10(3)11-6-4-5-7-12(11)16/h4-9H,1-3H3,(H,18,19)(H,20,21)/b17-10-. The molecule has 2 aromatic rings. The Labute approximate surface area is 128 Å². The number of aromatic nitrogens is 2. The van der Waals surface area contributed by atoms with Gasteiger partial charge in [-0.25, -0.2) is 5.43 Å². The van der Waals surface area contributed by atoms with E-state index in [0.717, 1.165) is 11.3 Å². The maximum Gasteiger partial charge on any atom is 0.291 e. The normalized spacial score (nSPS) is 11.8. The van der Waals surface area contributed by atoms with Gasteiger partial charge in [-0.2, -0.15) is 10.2 Å². The van der Waals surface area contributed by atoms with Gasteiger partial charge in [0.2, 0.25) is 0 Å². The predicted octanol–water partition coefficient (Wildman–Crippen LogP) is 3.34. The van der Waals surface area contributed by atoms with Crippen molar-refractivity contribution in [3.8, 4) is 0 Å². The van der Waals surface area contributed by atoms with Crippen molar-refractivity contribution < 1.29 is 4.79 Å². The molecule has 0 bridgehead atoms. The van der Waals surface area contributed by atoms with E-state index in [4.69, 9.17) is 11.6 Å². The molecule has 0 aliphatic rings. The molecule has 1 aromatic heterocycles. The fourth-order valence-electron chi connectivity index (χ4n) is 1.76. The summed E-state index contributed by atoms with van der Waals surface area (Å²) in [4.78, 5) is 12.0. The van der Waals surface area contributed by atoms with Gasteiger partial charge in [0.05, 0.1) is 5.71 Å². The Bertz CT molecular complexity index is 676. The fourth-order valence-corrected chi connectivity index (χ4v) is 2.03. The van der Waals surface area contributed by atoms with E-state index in [0.29, 0.717) is 16.4 Å². The molecule has 0 saturated carbocycles. The van der Waals surface area contributed by atoms with Crippen LogP contribution in [-0.2, 0) is 0 Å². The average Bonchev–Trinajstić information content (AvgIpc) is 2.95. The number of rotatable bonds is 4. The van der Waals surface area contributed by atoms with E-state index in [1.807, 2.05) is 32.0 Å².